The number of aryl methyl sites for hydroxylation is 1. The van der Waals surface area contributed by atoms with E-state index in [0.29, 0.717) is 15.6 Å². The van der Waals surface area contributed by atoms with Gasteiger partial charge in [-0.2, -0.15) is 0 Å². The summed E-state index contributed by atoms with van der Waals surface area (Å²) in [5.74, 6) is -0.182. The first-order valence-corrected chi connectivity index (χ1v) is 7.71. The maximum absolute atomic E-state index is 12.0. The van der Waals surface area contributed by atoms with Crippen LogP contribution >= 0.6 is 39.1 Å². The van der Waals surface area contributed by atoms with Crippen LogP contribution in [0.1, 0.15) is 15.9 Å². The van der Waals surface area contributed by atoms with Gasteiger partial charge in [-0.3, -0.25) is 4.79 Å². The average Bonchev–Trinajstić information content (AvgIpc) is 2.42. The summed E-state index contributed by atoms with van der Waals surface area (Å²) in [7, 11) is 0. The molecule has 0 saturated carbocycles. The highest BCUT2D eigenvalue weighted by Crippen LogP contribution is 2.22. The molecule has 2 nitrogen and oxygen atoms in total. The molecule has 0 saturated heterocycles. The van der Waals surface area contributed by atoms with E-state index in [1.54, 1.807) is 24.4 Å². The molecule has 1 N–H and O–H groups in total. The monoisotopic (exact) mass is 383 g/mol. The zero-order valence-corrected chi connectivity index (χ0v) is 14.3. The molecule has 0 amide bonds. The summed E-state index contributed by atoms with van der Waals surface area (Å²) < 4.78 is 1.04. The fourth-order valence-corrected chi connectivity index (χ4v) is 2.48. The molecule has 0 radical (unpaired) electrons. The summed E-state index contributed by atoms with van der Waals surface area (Å²) in [6.45, 7) is 2.00. The van der Waals surface area contributed by atoms with Crippen molar-refractivity contribution >= 4 is 50.6 Å². The van der Waals surface area contributed by atoms with Crippen LogP contribution in [-0.2, 0) is 0 Å². The largest absolute Gasteiger partial charge is 0.362 e. The Morgan fingerprint density at radius 1 is 1.19 bits per heavy atom. The van der Waals surface area contributed by atoms with E-state index < -0.39 is 0 Å². The molecule has 0 aliphatic carbocycles. The Bertz CT molecular complexity index is 713. The van der Waals surface area contributed by atoms with Gasteiger partial charge < -0.3 is 5.32 Å². The van der Waals surface area contributed by atoms with Crippen molar-refractivity contribution in [1.29, 1.82) is 0 Å². The van der Waals surface area contributed by atoms with Crippen molar-refractivity contribution in [3.05, 3.63) is 74.3 Å². The molecule has 0 fully saturated rings. The minimum atomic E-state index is -0.182. The Morgan fingerprint density at radius 2 is 1.95 bits per heavy atom. The Kier molecular flexibility index (Phi) is 5.45. The second-order valence-electron chi connectivity index (χ2n) is 4.43. The van der Waals surface area contributed by atoms with Crippen molar-refractivity contribution in [2.45, 2.75) is 6.92 Å². The first-order chi connectivity index (χ1) is 9.97. The minimum absolute atomic E-state index is 0.182. The molecule has 0 aromatic heterocycles. The molecule has 5 heteroatoms. The molecule has 108 valence electrons. The number of carbonyl (C=O) groups excluding carboxylic acids is 1. The lowest BCUT2D eigenvalue weighted by Gasteiger charge is -2.04. The molecular formula is C16H12BrCl2NO. The van der Waals surface area contributed by atoms with Crippen LogP contribution in [0.4, 0.5) is 5.69 Å². The van der Waals surface area contributed by atoms with Crippen LogP contribution in [0.2, 0.25) is 10.0 Å². The molecule has 2 aromatic rings. The summed E-state index contributed by atoms with van der Waals surface area (Å²) in [6, 6.07) is 10.6. The van der Waals surface area contributed by atoms with Gasteiger partial charge in [0.2, 0.25) is 0 Å². The van der Waals surface area contributed by atoms with Gasteiger partial charge in [0, 0.05) is 33.0 Å². The maximum Gasteiger partial charge on any atom is 0.188 e. The van der Waals surface area contributed by atoms with E-state index in [1.165, 1.54) is 6.08 Å². The van der Waals surface area contributed by atoms with Crippen molar-refractivity contribution in [3.63, 3.8) is 0 Å². The SMILES string of the molecule is Cc1cc(N/C=C/C(=O)c2ccc(Cl)cc2Cl)ccc1Br. The molecule has 0 heterocycles. The highest BCUT2D eigenvalue weighted by atomic mass is 79.9. The second-order valence-corrected chi connectivity index (χ2v) is 6.13. The molecule has 0 atom stereocenters. The number of hydrogen-bond donors (Lipinski definition) is 1. The summed E-state index contributed by atoms with van der Waals surface area (Å²) in [5.41, 5.74) is 2.44. The fraction of sp³-hybridized carbons (Fsp3) is 0.0625. The molecule has 0 aliphatic heterocycles. The van der Waals surface area contributed by atoms with E-state index in [2.05, 4.69) is 21.2 Å². The molecule has 0 bridgehead atoms. The first kappa shape index (κ1) is 16.1. The van der Waals surface area contributed by atoms with Crippen LogP contribution in [-0.4, -0.2) is 5.78 Å². The van der Waals surface area contributed by atoms with Gasteiger partial charge in [0.25, 0.3) is 0 Å². The number of hydrogen-bond acceptors (Lipinski definition) is 2. The quantitative estimate of drug-likeness (QED) is 0.527. The van der Waals surface area contributed by atoms with Crippen molar-refractivity contribution in [1.82, 2.24) is 0 Å². The number of allylic oxidation sites excluding steroid dienone is 1. The zero-order chi connectivity index (χ0) is 15.4. The van der Waals surface area contributed by atoms with Gasteiger partial charge in [-0.15, -0.1) is 0 Å². The third kappa shape index (κ3) is 4.34. The molecule has 0 aliphatic rings. The zero-order valence-electron chi connectivity index (χ0n) is 11.2. The molecule has 2 rings (SSSR count). The number of ketones is 1. The van der Waals surface area contributed by atoms with E-state index in [9.17, 15) is 4.79 Å². The lowest BCUT2D eigenvalue weighted by molar-refractivity contribution is 0.104. The normalized spacial score (nSPS) is 10.9. The van der Waals surface area contributed by atoms with Crippen molar-refractivity contribution in [2.75, 3.05) is 5.32 Å². The Balaban J connectivity index is 2.06. The number of anilines is 1. The topological polar surface area (TPSA) is 29.1 Å². The lowest BCUT2D eigenvalue weighted by Crippen LogP contribution is -1.97. The minimum Gasteiger partial charge on any atom is -0.362 e. The molecule has 0 spiro atoms. The standard InChI is InChI=1S/C16H12BrCl2NO/c1-10-8-12(3-5-14(10)17)20-7-6-16(21)13-4-2-11(18)9-15(13)19/h2-9,20H,1H3/b7-6+. The Hall–Kier alpha value is -1.29. The van der Waals surface area contributed by atoms with Gasteiger partial charge in [0.1, 0.15) is 0 Å². The number of benzene rings is 2. The lowest BCUT2D eigenvalue weighted by atomic mass is 10.1. The summed E-state index contributed by atoms with van der Waals surface area (Å²) >= 11 is 15.2. The van der Waals surface area contributed by atoms with E-state index in [0.717, 1.165) is 15.7 Å². The number of halogens is 3. The van der Waals surface area contributed by atoms with Crippen LogP contribution in [0, 0.1) is 6.92 Å². The Labute approximate surface area is 141 Å². The van der Waals surface area contributed by atoms with Gasteiger partial charge in [-0.05, 0) is 48.9 Å². The molecular weight excluding hydrogens is 373 g/mol. The fourth-order valence-electron chi connectivity index (χ4n) is 1.73. The van der Waals surface area contributed by atoms with Crippen LogP contribution in [0.25, 0.3) is 0 Å². The van der Waals surface area contributed by atoms with Gasteiger partial charge in [0.15, 0.2) is 5.78 Å². The Morgan fingerprint density at radius 3 is 2.62 bits per heavy atom. The summed E-state index contributed by atoms with van der Waals surface area (Å²) in [5, 5.41) is 3.90. The van der Waals surface area contributed by atoms with Gasteiger partial charge in [-0.25, -0.2) is 0 Å². The smallest absolute Gasteiger partial charge is 0.188 e. The number of carbonyl (C=O) groups is 1. The van der Waals surface area contributed by atoms with Gasteiger partial charge in [0.05, 0.1) is 5.02 Å². The molecule has 2 aromatic carbocycles. The highest BCUT2D eigenvalue weighted by Gasteiger charge is 2.07. The predicted molar refractivity (Wildman–Crippen MR) is 92.4 cm³/mol. The number of nitrogens with one attached hydrogen (secondary N) is 1. The van der Waals surface area contributed by atoms with E-state index >= 15 is 0 Å². The summed E-state index contributed by atoms with van der Waals surface area (Å²) in [6.07, 6.45) is 3.03. The van der Waals surface area contributed by atoms with Crippen LogP contribution in [0.5, 0.6) is 0 Å². The van der Waals surface area contributed by atoms with E-state index in [4.69, 9.17) is 23.2 Å². The van der Waals surface area contributed by atoms with Crippen LogP contribution < -0.4 is 5.32 Å². The predicted octanol–water partition coefficient (Wildman–Crippen LogP) is 5.87. The first-order valence-electron chi connectivity index (χ1n) is 6.16. The van der Waals surface area contributed by atoms with Gasteiger partial charge >= 0.3 is 0 Å². The molecule has 21 heavy (non-hydrogen) atoms. The van der Waals surface area contributed by atoms with Crippen molar-refractivity contribution < 1.29 is 4.79 Å². The average molecular weight is 385 g/mol. The third-order valence-electron chi connectivity index (χ3n) is 2.84. The van der Waals surface area contributed by atoms with Crippen molar-refractivity contribution in [2.24, 2.45) is 0 Å². The maximum atomic E-state index is 12.0. The van der Waals surface area contributed by atoms with E-state index in [1.807, 2.05) is 25.1 Å². The van der Waals surface area contributed by atoms with Crippen LogP contribution in [0.15, 0.2) is 53.1 Å². The van der Waals surface area contributed by atoms with Gasteiger partial charge in [-0.1, -0.05) is 39.1 Å². The second kappa shape index (κ2) is 7.12. The summed E-state index contributed by atoms with van der Waals surface area (Å²) in [4.78, 5) is 12.0. The highest BCUT2D eigenvalue weighted by molar-refractivity contribution is 9.10. The number of rotatable bonds is 4. The third-order valence-corrected chi connectivity index (χ3v) is 4.28. The molecule has 0 unspecified atom stereocenters. The van der Waals surface area contributed by atoms with E-state index in [-0.39, 0.29) is 5.78 Å². The van der Waals surface area contributed by atoms with Crippen molar-refractivity contribution in [3.8, 4) is 0 Å². The van der Waals surface area contributed by atoms with Crippen LogP contribution in [0.3, 0.4) is 0 Å².